The van der Waals surface area contributed by atoms with E-state index < -0.39 is 35.2 Å². The quantitative estimate of drug-likeness (QED) is 0.583. The SMILES string of the molecule is Cc1c(C(=O)O)cc(Cl)cc1S(=O)(=O)NC(CO)CO. The zero-order valence-corrected chi connectivity index (χ0v) is 12.1. The third kappa shape index (κ3) is 3.68. The molecule has 1 aromatic carbocycles. The number of rotatable bonds is 6. The zero-order chi connectivity index (χ0) is 15.5. The number of benzene rings is 1. The molecule has 0 saturated carbocycles. The van der Waals surface area contributed by atoms with E-state index in [1.165, 1.54) is 6.92 Å². The highest BCUT2D eigenvalue weighted by Crippen LogP contribution is 2.24. The number of aliphatic hydroxyl groups excluding tert-OH is 2. The summed E-state index contributed by atoms with van der Waals surface area (Å²) in [6.07, 6.45) is 0. The van der Waals surface area contributed by atoms with Gasteiger partial charge < -0.3 is 15.3 Å². The Labute approximate surface area is 120 Å². The molecule has 20 heavy (non-hydrogen) atoms. The highest BCUT2D eigenvalue weighted by atomic mass is 35.5. The number of halogens is 1. The normalized spacial score (nSPS) is 11.8. The van der Waals surface area contributed by atoms with Crippen molar-refractivity contribution in [2.75, 3.05) is 13.2 Å². The molecule has 0 saturated heterocycles. The largest absolute Gasteiger partial charge is 0.478 e. The van der Waals surface area contributed by atoms with E-state index in [0.29, 0.717) is 0 Å². The Morgan fingerprint density at radius 3 is 2.35 bits per heavy atom. The van der Waals surface area contributed by atoms with Crippen LogP contribution in [0.5, 0.6) is 0 Å². The van der Waals surface area contributed by atoms with Crippen molar-refractivity contribution < 1.29 is 28.5 Å². The lowest BCUT2D eigenvalue weighted by atomic mass is 10.1. The van der Waals surface area contributed by atoms with Crippen LogP contribution < -0.4 is 4.72 Å². The third-order valence-corrected chi connectivity index (χ3v) is 4.47. The molecular formula is C11H14ClNO6S. The summed E-state index contributed by atoms with van der Waals surface area (Å²) in [5.74, 6) is -1.30. The van der Waals surface area contributed by atoms with E-state index in [9.17, 15) is 13.2 Å². The van der Waals surface area contributed by atoms with Gasteiger partial charge in [-0.1, -0.05) is 11.6 Å². The van der Waals surface area contributed by atoms with Gasteiger partial charge in [-0.05, 0) is 24.6 Å². The van der Waals surface area contributed by atoms with Gasteiger partial charge in [0.2, 0.25) is 10.0 Å². The van der Waals surface area contributed by atoms with Crippen LogP contribution in [0.2, 0.25) is 5.02 Å². The second kappa shape index (κ2) is 6.51. The molecule has 0 atom stereocenters. The summed E-state index contributed by atoms with van der Waals surface area (Å²) < 4.78 is 26.3. The van der Waals surface area contributed by atoms with Gasteiger partial charge in [-0.2, -0.15) is 0 Å². The van der Waals surface area contributed by atoms with E-state index in [4.69, 9.17) is 26.9 Å². The Hall–Kier alpha value is -1.19. The van der Waals surface area contributed by atoms with Crippen molar-refractivity contribution in [3.05, 3.63) is 28.3 Å². The molecule has 0 aliphatic heterocycles. The number of sulfonamides is 1. The number of carboxylic acids is 1. The topological polar surface area (TPSA) is 124 Å². The molecule has 112 valence electrons. The summed E-state index contributed by atoms with van der Waals surface area (Å²) in [6, 6.07) is 1.18. The first-order chi connectivity index (χ1) is 9.22. The van der Waals surface area contributed by atoms with Gasteiger partial charge >= 0.3 is 5.97 Å². The summed E-state index contributed by atoms with van der Waals surface area (Å²) in [7, 11) is -4.11. The second-order valence-corrected chi connectivity index (χ2v) is 6.18. The first-order valence-corrected chi connectivity index (χ1v) is 7.36. The monoisotopic (exact) mass is 323 g/mol. The molecule has 0 amide bonds. The van der Waals surface area contributed by atoms with Crippen LogP contribution in [0.4, 0.5) is 0 Å². The number of hydrogen-bond donors (Lipinski definition) is 4. The van der Waals surface area contributed by atoms with E-state index in [0.717, 1.165) is 12.1 Å². The van der Waals surface area contributed by atoms with Crippen LogP contribution in [0.15, 0.2) is 17.0 Å². The highest BCUT2D eigenvalue weighted by molar-refractivity contribution is 7.89. The fraction of sp³-hybridized carbons (Fsp3) is 0.364. The van der Waals surface area contributed by atoms with Crippen molar-refractivity contribution >= 4 is 27.6 Å². The number of hydrogen-bond acceptors (Lipinski definition) is 5. The van der Waals surface area contributed by atoms with Gasteiger partial charge in [-0.15, -0.1) is 0 Å². The molecule has 0 bridgehead atoms. The Morgan fingerprint density at radius 1 is 1.35 bits per heavy atom. The molecule has 0 spiro atoms. The Balaban J connectivity index is 3.35. The molecule has 7 nitrogen and oxygen atoms in total. The van der Waals surface area contributed by atoms with Gasteiger partial charge in [0.25, 0.3) is 0 Å². The van der Waals surface area contributed by atoms with Crippen molar-refractivity contribution in [1.29, 1.82) is 0 Å². The lowest BCUT2D eigenvalue weighted by Gasteiger charge is -2.16. The average Bonchev–Trinajstić information content (AvgIpc) is 2.37. The minimum Gasteiger partial charge on any atom is -0.478 e. The van der Waals surface area contributed by atoms with Crippen LogP contribution in [-0.2, 0) is 10.0 Å². The minimum atomic E-state index is -4.11. The molecule has 9 heteroatoms. The van der Waals surface area contributed by atoms with Crippen LogP contribution in [0.25, 0.3) is 0 Å². The van der Waals surface area contributed by atoms with E-state index in [1.807, 2.05) is 0 Å². The Bertz CT molecular complexity index is 612. The maximum Gasteiger partial charge on any atom is 0.336 e. The first-order valence-electron chi connectivity index (χ1n) is 5.50. The van der Waals surface area contributed by atoms with Crippen LogP contribution >= 0.6 is 11.6 Å². The zero-order valence-electron chi connectivity index (χ0n) is 10.5. The molecular weight excluding hydrogens is 310 g/mol. The molecule has 1 aromatic rings. The summed E-state index contributed by atoms with van der Waals surface area (Å²) >= 11 is 5.72. The second-order valence-electron chi connectivity index (χ2n) is 4.06. The van der Waals surface area contributed by atoms with Gasteiger partial charge in [0.05, 0.1) is 29.7 Å². The summed E-state index contributed by atoms with van der Waals surface area (Å²) in [5.41, 5.74) is -0.216. The van der Waals surface area contributed by atoms with Gasteiger partial charge in [0.15, 0.2) is 0 Å². The molecule has 0 fully saturated rings. The van der Waals surface area contributed by atoms with E-state index >= 15 is 0 Å². The first kappa shape index (κ1) is 16.9. The smallest absolute Gasteiger partial charge is 0.336 e. The predicted octanol–water partition coefficient (Wildman–Crippen LogP) is -0.0219. The number of aliphatic hydroxyl groups is 2. The van der Waals surface area contributed by atoms with Gasteiger partial charge in [-0.25, -0.2) is 17.9 Å². The average molecular weight is 324 g/mol. The van der Waals surface area contributed by atoms with E-state index in [-0.39, 0.29) is 21.0 Å². The summed E-state index contributed by atoms with van der Waals surface area (Å²) in [6.45, 7) is 0.142. The lowest BCUT2D eigenvalue weighted by Crippen LogP contribution is -2.40. The number of carboxylic acid groups (broad SMARTS) is 1. The van der Waals surface area contributed by atoms with E-state index in [2.05, 4.69) is 4.72 Å². The number of aromatic carboxylic acids is 1. The molecule has 1 rings (SSSR count). The van der Waals surface area contributed by atoms with Crippen LogP contribution in [0.1, 0.15) is 15.9 Å². The molecule has 4 N–H and O–H groups in total. The summed E-state index contributed by atoms with van der Waals surface area (Å²) in [4.78, 5) is 10.7. The lowest BCUT2D eigenvalue weighted by molar-refractivity contribution is 0.0695. The predicted molar refractivity (Wildman–Crippen MR) is 71.4 cm³/mol. The van der Waals surface area contributed by atoms with Gasteiger partial charge in [0, 0.05) is 5.02 Å². The molecule has 0 radical (unpaired) electrons. The maximum absolute atomic E-state index is 12.1. The van der Waals surface area contributed by atoms with Crippen molar-refractivity contribution in [2.24, 2.45) is 0 Å². The molecule has 0 unspecified atom stereocenters. The molecule has 0 heterocycles. The van der Waals surface area contributed by atoms with E-state index in [1.54, 1.807) is 0 Å². The number of carbonyl (C=O) groups is 1. The fourth-order valence-electron chi connectivity index (χ4n) is 1.57. The van der Waals surface area contributed by atoms with Crippen LogP contribution in [-0.4, -0.2) is 49.0 Å². The molecule has 0 aliphatic carbocycles. The van der Waals surface area contributed by atoms with Crippen molar-refractivity contribution in [2.45, 2.75) is 17.9 Å². The third-order valence-electron chi connectivity index (χ3n) is 2.61. The van der Waals surface area contributed by atoms with Crippen LogP contribution in [0.3, 0.4) is 0 Å². The fourth-order valence-corrected chi connectivity index (χ4v) is 3.36. The van der Waals surface area contributed by atoms with Gasteiger partial charge in [-0.3, -0.25) is 0 Å². The van der Waals surface area contributed by atoms with Crippen molar-refractivity contribution in [3.8, 4) is 0 Å². The van der Waals surface area contributed by atoms with Crippen molar-refractivity contribution in [1.82, 2.24) is 4.72 Å². The maximum atomic E-state index is 12.1. The Kier molecular flexibility index (Phi) is 5.49. The van der Waals surface area contributed by atoms with Crippen LogP contribution in [0, 0.1) is 6.92 Å². The summed E-state index contributed by atoms with van der Waals surface area (Å²) in [5, 5.41) is 26.7. The highest BCUT2D eigenvalue weighted by Gasteiger charge is 2.24. The minimum absolute atomic E-state index is 0.0176. The molecule has 0 aromatic heterocycles. The standard InChI is InChI=1S/C11H14ClNO6S/c1-6-9(11(16)17)2-7(12)3-10(6)20(18,19)13-8(4-14)5-15/h2-3,8,13-15H,4-5H2,1H3,(H,16,17). The Morgan fingerprint density at radius 2 is 1.90 bits per heavy atom. The number of nitrogens with one attached hydrogen (secondary N) is 1. The molecule has 0 aliphatic rings. The van der Waals surface area contributed by atoms with Crippen molar-refractivity contribution in [3.63, 3.8) is 0 Å². The van der Waals surface area contributed by atoms with Gasteiger partial charge in [0.1, 0.15) is 0 Å².